The van der Waals surface area contributed by atoms with Crippen LogP contribution in [-0.2, 0) is 9.53 Å². The lowest BCUT2D eigenvalue weighted by Crippen LogP contribution is -2.40. The molecule has 5 heteroatoms. The van der Waals surface area contributed by atoms with Gasteiger partial charge in [-0.1, -0.05) is 29.8 Å². The molecule has 0 atom stereocenters. The maximum absolute atomic E-state index is 11.3. The number of benzene rings is 1. The first-order valence-corrected chi connectivity index (χ1v) is 6.73. The molecule has 0 spiro atoms. The number of esters is 1. The molecule has 2 aromatic rings. The summed E-state index contributed by atoms with van der Waals surface area (Å²) in [5.41, 5.74) is 1.94. The number of rotatable bonds is 2. The maximum atomic E-state index is 11.3. The minimum atomic E-state index is -0.221. The fraction of sp³-hybridized carbons (Fsp3) is 0.200. The van der Waals surface area contributed by atoms with E-state index >= 15 is 0 Å². The Labute approximate surface area is 122 Å². The Morgan fingerprint density at radius 3 is 2.90 bits per heavy atom. The van der Waals surface area contributed by atoms with E-state index < -0.39 is 0 Å². The molecule has 0 unspecified atom stereocenters. The average Bonchev–Trinajstić information content (AvgIpc) is 2.48. The molecule has 1 aliphatic rings. The van der Waals surface area contributed by atoms with Gasteiger partial charge in [0.2, 0.25) is 0 Å². The number of carbonyl (C=O) groups excluding carboxylic acids is 1. The Morgan fingerprint density at radius 2 is 2.10 bits per heavy atom. The van der Waals surface area contributed by atoms with Gasteiger partial charge in [-0.15, -0.1) is 0 Å². The zero-order chi connectivity index (χ0) is 13.9. The number of pyridine rings is 1. The molecule has 0 radical (unpaired) electrons. The fourth-order valence-electron chi connectivity index (χ4n) is 2.20. The zero-order valence-electron chi connectivity index (χ0n) is 10.8. The molecule has 2 heterocycles. The Kier molecular flexibility index (Phi) is 3.56. The van der Waals surface area contributed by atoms with Crippen LogP contribution in [0, 0.1) is 0 Å². The molecule has 0 N–H and O–H groups in total. The predicted octanol–water partition coefficient (Wildman–Crippen LogP) is 2.77. The second kappa shape index (κ2) is 5.51. The highest BCUT2D eigenvalue weighted by molar-refractivity contribution is 6.33. The van der Waals surface area contributed by atoms with Gasteiger partial charge in [0.05, 0.1) is 6.54 Å². The standard InChI is InChI=1S/C15H13ClN2O2/c16-13-4-2-1-3-12(13)11-5-6-17-14(9-11)18-7-8-20-15(19)10-18/h1-6,9H,7-8,10H2. The zero-order valence-corrected chi connectivity index (χ0v) is 11.5. The number of nitrogens with zero attached hydrogens (tertiary/aromatic N) is 2. The van der Waals surface area contributed by atoms with Crippen LogP contribution in [0.25, 0.3) is 11.1 Å². The van der Waals surface area contributed by atoms with E-state index in [0.717, 1.165) is 16.9 Å². The van der Waals surface area contributed by atoms with Gasteiger partial charge in [0, 0.05) is 16.8 Å². The van der Waals surface area contributed by atoms with Gasteiger partial charge in [-0.3, -0.25) is 4.79 Å². The summed E-state index contributed by atoms with van der Waals surface area (Å²) in [4.78, 5) is 17.6. The summed E-state index contributed by atoms with van der Waals surface area (Å²) in [5.74, 6) is 0.542. The van der Waals surface area contributed by atoms with Crippen LogP contribution in [-0.4, -0.2) is 30.6 Å². The lowest BCUT2D eigenvalue weighted by Gasteiger charge is -2.27. The number of hydrogen-bond acceptors (Lipinski definition) is 4. The third-order valence-corrected chi connectivity index (χ3v) is 3.53. The molecule has 0 aliphatic carbocycles. The van der Waals surface area contributed by atoms with E-state index in [2.05, 4.69) is 4.98 Å². The molecule has 1 aromatic heterocycles. The second-order valence-electron chi connectivity index (χ2n) is 4.52. The molecule has 3 rings (SSSR count). The summed E-state index contributed by atoms with van der Waals surface area (Å²) in [6.07, 6.45) is 1.73. The number of cyclic esters (lactones) is 1. The highest BCUT2D eigenvalue weighted by atomic mass is 35.5. The second-order valence-corrected chi connectivity index (χ2v) is 4.93. The number of anilines is 1. The molecule has 0 bridgehead atoms. The van der Waals surface area contributed by atoms with Crippen molar-refractivity contribution < 1.29 is 9.53 Å². The van der Waals surface area contributed by atoms with Crippen molar-refractivity contribution in [3.05, 3.63) is 47.6 Å². The van der Waals surface area contributed by atoms with Crippen LogP contribution in [0.5, 0.6) is 0 Å². The summed E-state index contributed by atoms with van der Waals surface area (Å²) < 4.78 is 4.93. The maximum Gasteiger partial charge on any atom is 0.325 e. The van der Waals surface area contributed by atoms with Crippen molar-refractivity contribution in [3.8, 4) is 11.1 Å². The quantitative estimate of drug-likeness (QED) is 0.797. The van der Waals surface area contributed by atoms with E-state index in [0.29, 0.717) is 18.2 Å². The number of morpholine rings is 1. The number of hydrogen-bond donors (Lipinski definition) is 0. The van der Waals surface area contributed by atoms with Crippen LogP contribution >= 0.6 is 11.6 Å². The van der Waals surface area contributed by atoms with Gasteiger partial charge in [0.1, 0.15) is 19.0 Å². The summed E-state index contributed by atoms with van der Waals surface area (Å²) in [5, 5.41) is 0.697. The Bertz CT molecular complexity index is 645. The van der Waals surface area contributed by atoms with Gasteiger partial charge in [0.25, 0.3) is 0 Å². The van der Waals surface area contributed by atoms with Gasteiger partial charge in [-0.05, 0) is 23.8 Å². The van der Waals surface area contributed by atoms with Gasteiger partial charge in [-0.25, -0.2) is 4.98 Å². The summed E-state index contributed by atoms with van der Waals surface area (Å²) in [6, 6.07) is 11.5. The molecule has 1 fully saturated rings. The van der Waals surface area contributed by atoms with Crippen molar-refractivity contribution in [1.29, 1.82) is 0 Å². The Hall–Kier alpha value is -2.07. The van der Waals surface area contributed by atoms with Crippen LogP contribution in [0.1, 0.15) is 0 Å². The molecular formula is C15H13ClN2O2. The van der Waals surface area contributed by atoms with Crippen molar-refractivity contribution in [1.82, 2.24) is 4.98 Å². The summed E-state index contributed by atoms with van der Waals surface area (Å²) in [6.45, 7) is 1.29. The number of halogens is 1. The Balaban J connectivity index is 1.94. The van der Waals surface area contributed by atoms with Crippen LogP contribution < -0.4 is 4.90 Å². The monoisotopic (exact) mass is 288 g/mol. The Morgan fingerprint density at radius 1 is 1.25 bits per heavy atom. The third kappa shape index (κ3) is 2.60. The summed E-state index contributed by atoms with van der Waals surface area (Å²) >= 11 is 6.21. The SMILES string of the molecule is O=C1CN(c2cc(-c3ccccc3Cl)ccn2)CCO1. The van der Waals surface area contributed by atoms with Gasteiger partial charge in [0.15, 0.2) is 0 Å². The van der Waals surface area contributed by atoms with Gasteiger partial charge < -0.3 is 9.64 Å². The molecule has 20 heavy (non-hydrogen) atoms. The molecular weight excluding hydrogens is 276 g/mol. The molecule has 0 amide bonds. The third-order valence-electron chi connectivity index (χ3n) is 3.20. The molecule has 1 saturated heterocycles. The normalized spacial score (nSPS) is 15.1. The molecule has 102 valence electrons. The van der Waals surface area contributed by atoms with Crippen LogP contribution in [0.15, 0.2) is 42.6 Å². The van der Waals surface area contributed by atoms with E-state index in [1.165, 1.54) is 0 Å². The lowest BCUT2D eigenvalue weighted by atomic mass is 10.1. The number of ether oxygens (including phenoxy) is 1. The highest BCUT2D eigenvalue weighted by Crippen LogP contribution is 2.29. The minimum Gasteiger partial charge on any atom is -0.462 e. The van der Waals surface area contributed by atoms with Crippen molar-refractivity contribution in [3.63, 3.8) is 0 Å². The van der Waals surface area contributed by atoms with E-state index in [1.807, 2.05) is 41.3 Å². The molecule has 1 aliphatic heterocycles. The largest absolute Gasteiger partial charge is 0.462 e. The minimum absolute atomic E-state index is 0.221. The number of carbonyl (C=O) groups is 1. The predicted molar refractivity (Wildman–Crippen MR) is 77.9 cm³/mol. The first kappa shape index (κ1) is 12.9. The first-order valence-electron chi connectivity index (χ1n) is 6.35. The van der Waals surface area contributed by atoms with E-state index in [4.69, 9.17) is 16.3 Å². The van der Waals surface area contributed by atoms with Crippen LogP contribution in [0.4, 0.5) is 5.82 Å². The van der Waals surface area contributed by atoms with Crippen molar-refractivity contribution in [2.24, 2.45) is 0 Å². The van der Waals surface area contributed by atoms with Crippen LogP contribution in [0.3, 0.4) is 0 Å². The van der Waals surface area contributed by atoms with Gasteiger partial charge >= 0.3 is 5.97 Å². The van der Waals surface area contributed by atoms with Crippen LogP contribution in [0.2, 0.25) is 5.02 Å². The topological polar surface area (TPSA) is 42.4 Å². The van der Waals surface area contributed by atoms with E-state index in [9.17, 15) is 4.79 Å². The molecule has 4 nitrogen and oxygen atoms in total. The first-order chi connectivity index (χ1) is 9.74. The van der Waals surface area contributed by atoms with E-state index in [1.54, 1.807) is 6.20 Å². The van der Waals surface area contributed by atoms with Crippen molar-refractivity contribution >= 4 is 23.4 Å². The highest BCUT2D eigenvalue weighted by Gasteiger charge is 2.19. The summed E-state index contributed by atoms with van der Waals surface area (Å²) in [7, 11) is 0. The van der Waals surface area contributed by atoms with Crippen molar-refractivity contribution in [2.45, 2.75) is 0 Å². The molecule has 1 aromatic carbocycles. The molecule has 0 saturated carbocycles. The average molecular weight is 289 g/mol. The fourth-order valence-corrected chi connectivity index (χ4v) is 2.44. The number of aromatic nitrogens is 1. The van der Waals surface area contributed by atoms with Gasteiger partial charge in [-0.2, -0.15) is 0 Å². The lowest BCUT2D eigenvalue weighted by molar-refractivity contribution is -0.143. The van der Waals surface area contributed by atoms with Crippen molar-refractivity contribution in [2.75, 3.05) is 24.6 Å². The smallest absolute Gasteiger partial charge is 0.325 e. The van der Waals surface area contributed by atoms with E-state index in [-0.39, 0.29) is 12.5 Å².